The van der Waals surface area contributed by atoms with Crippen LogP contribution in [0.25, 0.3) is 6.08 Å². The smallest absolute Gasteiger partial charge is 0.0557 e. The third-order valence-electron chi connectivity index (χ3n) is 7.47. The van der Waals surface area contributed by atoms with Crippen molar-refractivity contribution in [1.29, 1.82) is 0 Å². The second-order valence-corrected chi connectivity index (χ2v) is 9.69. The summed E-state index contributed by atoms with van der Waals surface area (Å²) >= 11 is 0. The van der Waals surface area contributed by atoms with Gasteiger partial charge in [0, 0.05) is 30.2 Å². The van der Waals surface area contributed by atoms with E-state index in [-0.39, 0.29) is 0 Å². The Morgan fingerprint density at radius 2 is 2.03 bits per heavy atom. The van der Waals surface area contributed by atoms with Crippen molar-refractivity contribution in [1.82, 2.24) is 5.32 Å². The molecule has 0 bridgehead atoms. The predicted molar refractivity (Wildman–Crippen MR) is 124 cm³/mol. The van der Waals surface area contributed by atoms with E-state index in [1.807, 2.05) is 0 Å². The lowest BCUT2D eigenvalue weighted by Crippen LogP contribution is -2.41. The van der Waals surface area contributed by atoms with Crippen LogP contribution in [0.4, 0.5) is 5.69 Å². The average molecular weight is 397 g/mol. The van der Waals surface area contributed by atoms with Gasteiger partial charge in [0.2, 0.25) is 0 Å². The van der Waals surface area contributed by atoms with Crippen LogP contribution < -0.4 is 10.2 Å². The van der Waals surface area contributed by atoms with E-state index in [9.17, 15) is 0 Å². The van der Waals surface area contributed by atoms with Crippen molar-refractivity contribution in [3.63, 3.8) is 0 Å². The predicted octanol–water partition coefficient (Wildman–Crippen LogP) is 5.75. The molecule has 3 heteroatoms. The fourth-order valence-electron chi connectivity index (χ4n) is 5.19. The normalized spacial score (nSPS) is 25.1. The lowest BCUT2D eigenvalue weighted by atomic mass is 9.77. The van der Waals surface area contributed by atoms with Crippen LogP contribution in [-0.4, -0.2) is 38.9 Å². The van der Waals surface area contributed by atoms with Crippen LogP contribution in [0.15, 0.2) is 23.8 Å². The van der Waals surface area contributed by atoms with E-state index in [4.69, 9.17) is 4.74 Å². The molecule has 29 heavy (non-hydrogen) atoms. The molecule has 1 unspecified atom stereocenters. The van der Waals surface area contributed by atoms with Crippen LogP contribution in [0.5, 0.6) is 0 Å². The fraction of sp³-hybridized carbons (Fsp3) is 0.692. The Morgan fingerprint density at radius 3 is 2.72 bits per heavy atom. The van der Waals surface area contributed by atoms with Crippen LogP contribution in [0, 0.1) is 5.92 Å². The van der Waals surface area contributed by atoms with Gasteiger partial charge < -0.3 is 15.0 Å². The van der Waals surface area contributed by atoms with Crippen molar-refractivity contribution >= 4 is 11.8 Å². The minimum absolute atomic E-state index is 0.601. The van der Waals surface area contributed by atoms with Crippen LogP contribution in [-0.2, 0) is 4.74 Å². The summed E-state index contributed by atoms with van der Waals surface area (Å²) in [5.41, 5.74) is 5.97. The molecule has 1 atom stereocenters. The summed E-state index contributed by atoms with van der Waals surface area (Å²) < 4.78 is 5.44. The molecule has 0 aromatic heterocycles. The second kappa shape index (κ2) is 9.66. The van der Waals surface area contributed by atoms with Crippen LogP contribution in [0.3, 0.4) is 0 Å². The highest BCUT2D eigenvalue weighted by molar-refractivity contribution is 5.74. The van der Waals surface area contributed by atoms with Crippen molar-refractivity contribution in [3.8, 4) is 0 Å². The van der Waals surface area contributed by atoms with E-state index in [1.165, 1.54) is 68.2 Å². The Kier molecular flexibility index (Phi) is 6.97. The number of hydrogen-bond acceptors (Lipinski definition) is 3. The Bertz CT molecular complexity index is 703. The van der Waals surface area contributed by atoms with E-state index in [2.05, 4.69) is 55.4 Å². The van der Waals surface area contributed by atoms with Gasteiger partial charge in [-0.15, -0.1) is 0 Å². The first-order valence-corrected chi connectivity index (χ1v) is 12.0. The van der Waals surface area contributed by atoms with Crippen molar-refractivity contribution in [3.05, 3.63) is 34.9 Å². The lowest BCUT2D eigenvalue weighted by Gasteiger charge is -2.40. The summed E-state index contributed by atoms with van der Waals surface area (Å²) in [5.74, 6) is 1.53. The van der Waals surface area contributed by atoms with Crippen molar-refractivity contribution in [2.24, 2.45) is 5.92 Å². The molecule has 4 rings (SSSR count). The fourth-order valence-corrected chi connectivity index (χ4v) is 5.19. The maximum Gasteiger partial charge on any atom is 0.0557 e. The van der Waals surface area contributed by atoms with E-state index in [0.717, 1.165) is 31.7 Å². The summed E-state index contributed by atoms with van der Waals surface area (Å²) in [6, 6.07) is 8.57. The lowest BCUT2D eigenvalue weighted by molar-refractivity contribution is 0.00842. The number of ether oxygens (including phenoxy) is 1. The highest BCUT2D eigenvalue weighted by Crippen LogP contribution is 2.37. The van der Waals surface area contributed by atoms with Gasteiger partial charge in [0.1, 0.15) is 0 Å². The topological polar surface area (TPSA) is 24.5 Å². The van der Waals surface area contributed by atoms with Crippen LogP contribution in [0.2, 0.25) is 0 Å². The Morgan fingerprint density at radius 1 is 1.21 bits per heavy atom. The first kappa shape index (κ1) is 20.9. The third kappa shape index (κ3) is 4.88. The molecule has 1 saturated carbocycles. The zero-order valence-corrected chi connectivity index (χ0v) is 18.8. The van der Waals surface area contributed by atoms with Gasteiger partial charge in [-0.05, 0) is 81.7 Å². The summed E-state index contributed by atoms with van der Waals surface area (Å²) in [6.07, 6.45) is 13.1. The largest absolute Gasteiger partial charge is 0.380 e. The summed E-state index contributed by atoms with van der Waals surface area (Å²) in [5, 5.41) is 3.42. The molecule has 1 saturated heterocycles. The number of unbranched alkanes of at least 4 members (excludes halogenated alkanes) is 2. The second-order valence-electron chi connectivity index (χ2n) is 9.69. The minimum Gasteiger partial charge on any atom is -0.380 e. The van der Waals surface area contributed by atoms with Gasteiger partial charge in [0.15, 0.2) is 0 Å². The van der Waals surface area contributed by atoms with Crippen molar-refractivity contribution in [2.45, 2.75) is 83.2 Å². The van der Waals surface area contributed by atoms with Gasteiger partial charge in [0.25, 0.3) is 0 Å². The van der Waals surface area contributed by atoms with Crippen LogP contribution in [0.1, 0.15) is 82.3 Å². The van der Waals surface area contributed by atoms with E-state index in [1.54, 1.807) is 5.57 Å². The number of anilines is 1. The summed E-state index contributed by atoms with van der Waals surface area (Å²) in [6.45, 7) is 7.64. The minimum atomic E-state index is 0.601. The molecule has 0 amide bonds. The van der Waals surface area contributed by atoms with Gasteiger partial charge in [-0.25, -0.2) is 0 Å². The average Bonchev–Trinajstić information content (AvgIpc) is 2.65. The number of nitrogens with zero attached hydrogens (tertiary/aromatic N) is 1. The first-order chi connectivity index (χ1) is 14.2. The molecular formula is C26H40N2O. The summed E-state index contributed by atoms with van der Waals surface area (Å²) in [7, 11) is 2.10. The number of hydrogen-bond donors (Lipinski definition) is 1. The molecule has 2 heterocycles. The third-order valence-corrected chi connectivity index (χ3v) is 7.47. The molecule has 160 valence electrons. The molecule has 1 aromatic rings. The van der Waals surface area contributed by atoms with E-state index in [0.29, 0.717) is 12.0 Å². The number of nitrogens with one attached hydrogen (secondary N) is 1. The van der Waals surface area contributed by atoms with Gasteiger partial charge in [-0.3, -0.25) is 0 Å². The van der Waals surface area contributed by atoms with Crippen LogP contribution >= 0.6 is 0 Å². The Labute approximate surface area is 177 Å². The molecule has 0 radical (unpaired) electrons. The maximum absolute atomic E-state index is 5.44. The standard InChI is InChI=1S/C26H40N2O/c1-4-5-6-7-21-12-23-15-22(24-17-29-18-24)10-11-26(23)28(16-21)19(2)8-9-20-13-25(14-20)27-3/h10-12,15,19-20,24-25,27H,4-9,13-14,16-18H2,1-3H3. The first-order valence-electron chi connectivity index (χ1n) is 12.0. The highest BCUT2D eigenvalue weighted by Gasteiger charge is 2.30. The molecule has 1 N–H and O–H groups in total. The van der Waals surface area contributed by atoms with Crippen molar-refractivity contribution < 1.29 is 4.74 Å². The van der Waals surface area contributed by atoms with Crippen molar-refractivity contribution in [2.75, 3.05) is 31.7 Å². The Hall–Kier alpha value is -1.32. The van der Waals surface area contributed by atoms with Gasteiger partial charge >= 0.3 is 0 Å². The molecular weight excluding hydrogens is 356 g/mol. The molecule has 1 aliphatic carbocycles. The highest BCUT2D eigenvalue weighted by atomic mass is 16.5. The number of fused-ring (bicyclic) bond motifs is 1. The molecule has 0 spiro atoms. The molecule has 1 aromatic carbocycles. The number of rotatable bonds is 10. The van der Waals surface area contributed by atoms with E-state index >= 15 is 0 Å². The number of benzene rings is 1. The molecule has 2 aliphatic heterocycles. The van der Waals surface area contributed by atoms with Gasteiger partial charge in [0.05, 0.1) is 13.2 Å². The van der Waals surface area contributed by atoms with Gasteiger partial charge in [-0.1, -0.05) is 37.5 Å². The monoisotopic (exact) mass is 396 g/mol. The zero-order chi connectivity index (χ0) is 20.2. The maximum atomic E-state index is 5.44. The Balaban J connectivity index is 1.45. The quantitative estimate of drug-likeness (QED) is 0.510. The van der Waals surface area contributed by atoms with E-state index < -0.39 is 0 Å². The molecule has 2 fully saturated rings. The molecule has 3 aliphatic rings. The van der Waals surface area contributed by atoms with Gasteiger partial charge in [-0.2, -0.15) is 0 Å². The zero-order valence-electron chi connectivity index (χ0n) is 18.8. The molecule has 3 nitrogen and oxygen atoms in total. The SMILES string of the molecule is CCCCCC1=Cc2cc(C3COC3)ccc2N(C(C)CCC2CC(NC)C2)C1. The summed E-state index contributed by atoms with van der Waals surface area (Å²) in [4.78, 5) is 2.70.